The number of rotatable bonds is 9. The van der Waals surface area contributed by atoms with Crippen LogP contribution < -0.4 is 35.0 Å². The fourth-order valence-corrected chi connectivity index (χ4v) is 3.66. The summed E-state index contributed by atoms with van der Waals surface area (Å²) in [5, 5.41) is 9.62. The van der Waals surface area contributed by atoms with E-state index in [0.717, 1.165) is 11.1 Å². The fourth-order valence-electron chi connectivity index (χ4n) is 3.49. The molecule has 0 saturated heterocycles. The number of hydrogen-bond donors (Lipinski definition) is 3. The van der Waals surface area contributed by atoms with Crippen molar-refractivity contribution in [2.45, 2.75) is 13.5 Å². The van der Waals surface area contributed by atoms with Crippen molar-refractivity contribution >= 4 is 41.2 Å². The van der Waals surface area contributed by atoms with Crippen LogP contribution in [-0.2, 0) is 20.9 Å². The van der Waals surface area contributed by atoms with Crippen LogP contribution in [0, 0.1) is 6.92 Å². The summed E-state index contributed by atoms with van der Waals surface area (Å²) in [6.45, 7) is 1.82. The van der Waals surface area contributed by atoms with Gasteiger partial charge in [0.25, 0.3) is 5.91 Å². The largest absolute Gasteiger partial charge is 0.493 e. The molecule has 0 saturated carbocycles. The Morgan fingerprint density at radius 3 is 2.67 bits per heavy atom. The van der Waals surface area contributed by atoms with Gasteiger partial charge in [-0.1, -0.05) is 23.7 Å². The molecule has 3 aromatic carbocycles. The molecule has 0 fully saturated rings. The predicted molar refractivity (Wildman–Crippen MR) is 143 cm³/mol. The van der Waals surface area contributed by atoms with Crippen molar-refractivity contribution in [2.75, 3.05) is 25.8 Å². The molecule has 3 aromatic rings. The second kappa shape index (κ2) is 12.7. The number of anilines is 1. The lowest BCUT2D eigenvalue weighted by Gasteiger charge is -2.12. The minimum Gasteiger partial charge on any atom is -0.493 e. The number of nitrogens with zero attached hydrogens (tertiary/aromatic N) is 1. The Kier molecular flexibility index (Phi) is 8.85. The Bertz CT molecular complexity index is 1430. The minimum absolute atomic E-state index is 0.127. The van der Waals surface area contributed by atoms with E-state index < -0.39 is 11.8 Å². The monoisotopic (exact) mass is 552 g/mol. The smallest absolute Gasteiger partial charge is 0.329 e. The zero-order chi connectivity index (χ0) is 27.8. The number of carbonyl (C=O) groups excluding carboxylic acids is 3. The van der Waals surface area contributed by atoms with Crippen LogP contribution in [0.3, 0.4) is 0 Å². The van der Waals surface area contributed by atoms with E-state index in [1.165, 1.54) is 13.3 Å². The summed E-state index contributed by atoms with van der Waals surface area (Å²) in [6, 6.07) is 15.3. The molecular weight excluding hydrogens is 528 g/mol. The van der Waals surface area contributed by atoms with Crippen molar-refractivity contribution in [3.05, 3.63) is 76.3 Å². The van der Waals surface area contributed by atoms with Crippen LogP contribution in [-0.4, -0.2) is 44.4 Å². The molecule has 0 bridgehead atoms. The zero-order valence-electron chi connectivity index (χ0n) is 21.1. The SMILES string of the molecule is COc1cc(/C=N\NC(=O)C(=O)NCc2ccc3c(c2)OCO3)ccc1OCC(=O)Nc1cccc(Cl)c1C. The van der Waals surface area contributed by atoms with E-state index in [2.05, 4.69) is 21.2 Å². The van der Waals surface area contributed by atoms with Gasteiger partial charge in [0.2, 0.25) is 6.79 Å². The fraction of sp³-hybridized carbons (Fsp3) is 0.185. The quantitative estimate of drug-likeness (QED) is 0.211. The van der Waals surface area contributed by atoms with E-state index in [1.54, 1.807) is 61.5 Å². The van der Waals surface area contributed by atoms with Gasteiger partial charge in [0, 0.05) is 17.3 Å². The molecule has 202 valence electrons. The highest BCUT2D eigenvalue weighted by molar-refractivity contribution is 6.35. The summed E-state index contributed by atoms with van der Waals surface area (Å²) < 4.78 is 21.5. The molecule has 0 radical (unpaired) electrons. The molecule has 11 nitrogen and oxygen atoms in total. The molecule has 1 aliphatic rings. The molecule has 0 spiro atoms. The highest BCUT2D eigenvalue weighted by Crippen LogP contribution is 2.32. The Hall–Kier alpha value is -4.77. The molecule has 12 heteroatoms. The summed E-state index contributed by atoms with van der Waals surface area (Å²) >= 11 is 6.09. The van der Waals surface area contributed by atoms with Crippen molar-refractivity contribution in [1.29, 1.82) is 0 Å². The number of benzene rings is 3. The molecule has 4 rings (SSSR count). The predicted octanol–water partition coefficient (Wildman–Crippen LogP) is 3.17. The molecule has 1 heterocycles. The van der Waals surface area contributed by atoms with Gasteiger partial charge >= 0.3 is 11.8 Å². The normalized spacial score (nSPS) is 11.7. The van der Waals surface area contributed by atoms with Gasteiger partial charge in [0.1, 0.15) is 0 Å². The lowest BCUT2D eigenvalue weighted by Crippen LogP contribution is -2.37. The lowest BCUT2D eigenvalue weighted by molar-refractivity contribution is -0.139. The summed E-state index contributed by atoms with van der Waals surface area (Å²) in [5.41, 5.74) is 4.82. The van der Waals surface area contributed by atoms with Crippen LogP contribution in [0.4, 0.5) is 5.69 Å². The second-order valence-electron chi connectivity index (χ2n) is 8.23. The van der Waals surface area contributed by atoms with Gasteiger partial charge < -0.3 is 29.6 Å². The van der Waals surface area contributed by atoms with Crippen LogP contribution in [0.15, 0.2) is 59.7 Å². The maximum absolute atomic E-state index is 12.3. The van der Waals surface area contributed by atoms with Crippen molar-refractivity contribution < 1.29 is 33.3 Å². The molecule has 0 aromatic heterocycles. The molecule has 0 unspecified atom stereocenters. The molecule has 3 N–H and O–H groups in total. The molecule has 0 aliphatic carbocycles. The summed E-state index contributed by atoms with van der Waals surface area (Å²) in [5.74, 6) is -0.260. The Labute approximate surface area is 229 Å². The summed E-state index contributed by atoms with van der Waals surface area (Å²) in [6.07, 6.45) is 1.34. The van der Waals surface area contributed by atoms with E-state index in [9.17, 15) is 14.4 Å². The van der Waals surface area contributed by atoms with E-state index in [4.69, 9.17) is 30.5 Å². The first kappa shape index (κ1) is 27.3. The van der Waals surface area contributed by atoms with E-state index in [-0.39, 0.29) is 25.9 Å². The van der Waals surface area contributed by atoms with Gasteiger partial charge in [-0.2, -0.15) is 5.10 Å². The van der Waals surface area contributed by atoms with Crippen molar-refractivity contribution in [3.8, 4) is 23.0 Å². The highest BCUT2D eigenvalue weighted by Gasteiger charge is 2.16. The van der Waals surface area contributed by atoms with Gasteiger partial charge in [0.05, 0.1) is 13.3 Å². The Morgan fingerprint density at radius 2 is 1.85 bits per heavy atom. The van der Waals surface area contributed by atoms with Crippen molar-refractivity contribution in [3.63, 3.8) is 0 Å². The maximum Gasteiger partial charge on any atom is 0.329 e. The number of carbonyl (C=O) groups is 3. The van der Waals surface area contributed by atoms with E-state index >= 15 is 0 Å². The van der Waals surface area contributed by atoms with Gasteiger partial charge in [-0.3, -0.25) is 14.4 Å². The number of ether oxygens (including phenoxy) is 4. The highest BCUT2D eigenvalue weighted by atomic mass is 35.5. The minimum atomic E-state index is -0.931. The number of fused-ring (bicyclic) bond motifs is 1. The maximum atomic E-state index is 12.3. The first-order valence-electron chi connectivity index (χ1n) is 11.7. The topological polar surface area (TPSA) is 137 Å². The third-order valence-corrected chi connectivity index (χ3v) is 5.97. The van der Waals surface area contributed by atoms with Gasteiger partial charge in [-0.25, -0.2) is 5.43 Å². The number of halogens is 1. The van der Waals surface area contributed by atoms with Crippen LogP contribution in [0.25, 0.3) is 0 Å². The van der Waals surface area contributed by atoms with Crippen LogP contribution in [0.1, 0.15) is 16.7 Å². The number of nitrogens with one attached hydrogen (secondary N) is 3. The van der Waals surface area contributed by atoms with Crippen molar-refractivity contribution in [2.24, 2.45) is 5.10 Å². The Morgan fingerprint density at radius 1 is 1.03 bits per heavy atom. The zero-order valence-corrected chi connectivity index (χ0v) is 21.8. The van der Waals surface area contributed by atoms with Gasteiger partial charge in [-0.15, -0.1) is 0 Å². The number of hydrazone groups is 1. The van der Waals surface area contributed by atoms with Crippen LogP contribution in [0.2, 0.25) is 5.02 Å². The molecule has 3 amide bonds. The van der Waals surface area contributed by atoms with E-state index in [1.807, 2.05) is 0 Å². The average Bonchev–Trinajstić information content (AvgIpc) is 3.41. The third kappa shape index (κ3) is 7.17. The van der Waals surface area contributed by atoms with Crippen LogP contribution >= 0.6 is 11.6 Å². The first-order chi connectivity index (χ1) is 18.8. The standard InChI is InChI=1S/C27H25ClN4O7/c1-16-19(28)4-3-5-20(16)31-25(33)14-37-21-8-7-18(10-23(21)36-2)13-30-32-27(35)26(34)29-12-17-6-9-22-24(11-17)39-15-38-22/h3-11,13H,12,14-15H2,1-2H3,(H,29,34)(H,31,33)(H,32,35)/b30-13-. The Balaban J connectivity index is 1.25. The first-order valence-corrected chi connectivity index (χ1v) is 12.1. The number of amides is 3. The molecular formula is C27H25ClN4O7. The van der Waals surface area contributed by atoms with Gasteiger partial charge in [0.15, 0.2) is 29.6 Å². The molecule has 39 heavy (non-hydrogen) atoms. The summed E-state index contributed by atoms with van der Waals surface area (Å²) in [7, 11) is 1.45. The summed E-state index contributed by atoms with van der Waals surface area (Å²) in [4.78, 5) is 36.5. The third-order valence-electron chi connectivity index (χ3n) is 5.56. The average molecular weight is 553 g/mol. The number of hydrogen-bond acceptors (Lipinski definition) is 8. The van der Waals surface area contributed by atoms with E-state index in [0.29, 0.717) is 39.3 Å². The number of methoxy groups -OCH3 is 1. The lowest BCUT2D eigenvalue weighted by atomic mass is 10.2. The molecule has 1 aliphatic heterocycles. The van der Waals surface area contributed by atoms with Crippen LogP contribution in [0.5, 0.6) is 23.0 Å². The molecule has 0 atom stereocenters. The second-order valence-corrected chi connectivity index (χ2v) is 8.64. The van der Waals surface area contributed by atoms with Crippen molar-refractivity contribution in [1.82, 2.24) is 10.7 Å². The van der Waals surface area contributed by atoms with Gasteiger partial charge in [-0.05, 0) is 66.1 Å².